The second-order valence-electron chi connectivity index (χ2n) is 4.28. The number of nitrogen functional groups attached to an aromatic ring is 1. The quantitative estimate of drug-likeness (QED) is 0.782. The Balaban J connectivity index is 2.66. The molecule has 0 bridgehead atoms. The Labute approximate surface area is 108 Å². The van der Waals surface area contributed by atoms with Gasteiger partial charge in [0.1, 0.15) is 18.0 Å². The lowest BCUT2D eigenvalue weighted by atomic mass is 10.1. The number of nitrogens with zero attached hydrogens (tertiary/aromatic N) is 2. The van der Waals surface area contributed by atoms with Gasteiger partial charge in [-0.1, -0.05) is 20.3 Å². The first-order valence-electron chi connectivity index (χ1n) is 6.01. The molecule has 1 rings (SSSR count). The lowest BCUT2D eigenvalue weighted by Gasteiger charge is -2.15. The molecule has 3 N–H and O–H groups in total. The molecule has 5 heteroatoms. The Morgan fingerprint density at radius 2 is 2.24 bits per heavy atom. The second kappa shape index (κ2) is 7.37. The summed E-state index contributed by atoms with van der Waals surface area (Å²) in [6.07, 6.45) is 5.62. The number of thioether (sulfide) groups is 1. The van der Waals surface area contributed by atoms with E-state index in [4.69, 9.17) is 5.73 Å². The topological polar surface area (TPSA) is 63.8 Å². The zero-order valence-electron chi connectivity index (χ0n) is 10.9. The number of nitrogens with two attached hydrogens (primary N) is 1. The van der Waals surface area contributed by atoms with E-state index in [1.165, 1.54) is 6.33 Å². The smallest absolute Gasteiger partial charge is 0.134 e. The van der Waals surface area contributed by atoms with Crippen molar-refractivity contribution in [2.75, 3.05) is 29.6 Å². The highest BCUT2D eigenvalue weighted by Crippen LogP contribution is 2.19. The minimum Gasteiger partial charge on any atom is -0.383 e. The highest BCUT2D eigenvalue weighted by atomic mass is 32.2. The molecular weight excluding hydrogens is 232 g/mol. The first-order valence-corrected chi connectivity index (χ1v) is 7.40. The predicted molar refractivity (Wildman–Crippen MR) is 76.5 cm³/mol. The van der Waals surface area contributed by atoms with E-state index in [1.807, 2.05) is 11.8 Å². The number of aromatic nitrogens is 2. The maximum absolute atomic E-state index is 5.88. The van der Waals surface area contributed by atoms with E-state index in [2.05, 4.69) is 35.4 Å². The van der Waals surface area contributed by atoms with Crippen molar-refractivity contribution < 1.29 is 0 Å². The molecule has 1 atom stereocenters. The number of anilines is 2. The third-order valence-corrected chi connectivity index (χ3v) is 3.45. The Morgan fingerprint density at radius 3 is 2.88 bits per heavy atom. The molecule has 17 heavy (non-hydrogen) atoms. The average Bonchev–Trinajstić information content (AvgIpc) is 2.30. The van der Waals surface area contributed by atoms with Gasteiger partial charge in [0.05, 0.1) is 0 Å². The zero-order chi connectivity index (χ0) is 12.7. The highest BCUT2D eigenvalue weighted by Gasteiger charge is 2.09. The first-order chi connectivity index (χ1) is 8.19. The SMILES string of the molecule is CCCc1c(N)ncnc1NCC(C)CSC. The van der Waals surface area contributed by atoms with E-state index in [9.17, 15) is 0 Å². The molecule has 1 unspecified atom stereocenters. The van der Waals surface area contributed by atoms with Crippen LogP contribution in [0, 0.1) is 5.92 Å². The van der Waals surface area contributed by atoms with Crippen LogP contribution in [0.5, 0.6) is 0 Å². The molecule has 0 aliphatic carbocycles. The van der Waals surface area contributed by atoms with Crippen LogP contribution < -0.4 is 11.1 Å². The normalized spacial score (nSPS) is 12.4. The monoisotopic (exact) mass is 254 g/mol. The number of hydrogen-bond acceptors (Lipinski definition) is 5. The predicted octanol–water partition coefficient (Wildman–Crippen LogP) is 2.42. The Kier molecular flexibility index (Phi) is 6.11. The van der Waals surface area contributed by atoms with Crippen molar-refractivity contribution in [3.05, 3.63) is 11.9 Å². The van der Waals surface area contributed by atoms with Crippen molar-refractivity contribution >= 4 is 23.4 Å². The van der Waals surface area contributed by atoms with Crippen molar-refractivity contribution in [2.24, 2.45) is 5.92 Å². The summed E-state index contributed by atoms with van der Waals surface area (Å²) in [5.74, 6) is 3.27. The highest BCUT2D eigenvalue weighted by molar-refractivity contribution is 7.98. The third-order valence-electron chi connectivity index (χ3n) is 2.55. The van der Waals surface area contributed by atoms with Gasteiger partial charge in [0.2, 0.25) is 0 Å². The van der Waals surface area contributed by atoms with E-state index in [0.717, 1.165) is 36.5 Å². The summed E-state index contributed by atoms with van der Waals surface area (Å²) < 4.78 is 0. The van der Waals surface area contributed by atoms with Crippen LogP contribution in [0.3, 0.4) is 0 Å². The summed E-state index contributed by atoms with van der Waals surface area (Å²) in [5.41, 5.74) is 6.92. The minimum absolute atomic E-state index is 0.599. The van der Waals surface area contributed by atoms with E-state index < -0.39 is 0 Å². The largest absolute Gasteiger partial charge is 0.383 e. The fraction of sp³-hybridized carbons (Fsp3) is 0.667. The Morgan fingerprint density at radius 1 is 1.47 bits per heavy atom. The summed E-state index contributed by atoms with van der Waals surface area (Å²) in [6, 6.07) is 0. The molecule has 0 saturated carbocycles. The van der Waals surface area contributed by atoms with Gasteiger partial charge in [-0.05, 0) is 24.3 Å². The van der Waals surface area contributed by atoms with Gasteiger partial charge < -0.3 is 11.1 Å². The van der Waals surface area contributed by atoms with Gasteiger partial charge in [0.15, 0.2) is 0 Å². The number of hydrogen-bond donors (Lipinski definition) is 2. The molecule has 0 amide bonds. The summed E-state index contributed by atoms with van der Waals surface area (Å²) in [7, 11) is 0. The molecule has 0 aromatic carbocycles. The molecule has 0 radical (unpaired) electrons. The van der Waals surface area contributed by atoms with Crippen LogP contribution in [0.25, 0.3) is 0 Å². The molecule has 0 aliphatic rings. The zero-order valence-corrected chi connectivity index (χ0v) is 11.7. The van der Waals surface area contributed by atoms with Crippen molar-refractivity contribution in [1.29, 1.82) is 0 Å². The molecule has 0 saturated heterocycles. The molecule has 96 valence electrons. The second-order valence-corrected chi connectivity index (χ2v) is 5.19. The van der Waals surface area contributed by atoms with Gasteiger partial charge in [-0.15, -0.1) is 0 Å². The van der Waals surface area contributed by atoms with Crippen molar-refractivity contribution in [2.45, 2.75) is 26.7 Å². The molecule has 1 aromatic rings. The summed E-state index contributed by atoms with van der Waals surface area (Å²) in [4.78, 5) is 8.33. The van der Waals surface area contributed by atoms with Crippen LogP contribution >= 0.6 is 11.8 Å². The Bertz CT molecular complexity index is 343. The maximum Gasteiger partial charge on any atom is 0.134 e. The molecule has 1 aromatic heterocycles. The number of rotatable bonds is 7. The van der Waals surface area contributed by atoms with Gasteiger partial charge in [-0.2, -0.15) is 11.8 Å². The van der Waals surface area contributed by atoms with Crippen LogP contribution in [0.1, 0.15) is 25.8 Å². The van der Waals surface area contributed by atoms with Gasteiger partial charge in [0, 0.05) is 12.1 Å². The van der Waals surface area contributed by atoms with Crippen molar-refractivity contribution in [3.63, 3.8) is 0 Å². The molecule has 0 fully saturated rings. The molecule has 0 aliphatic heterocycles. The fourth-order valence-corrected chi connectivity index (χ4v) is 2.38. The van der Waals surface area contributed by atoms with E-state index in [-0.39, 0.29) is 0 Å². The van der Waals surface area contributed by atoms with E-state index in [0.29, 0.717) is 11.7 Å². The minimum atomic E-state index is 0.599. The third kappa shape index (κ3) is 4.42. The van der Waals surface area contributed by atoms with Crippen LogP contribution in [0.15, 0.2) is 6.33 Å². The van der Waals surface area contributed by atoms with Crippen LogP contribution in [0.4, 0.5) is 11.6 Å². The van der Waals surface area contributed by atoms with Crippen molar-refractivity contribution in [3.8, 4) is 0 Å². The molecule has 0 spiro atoms. The van der Waals surface area contributed by atoms with E-state index >= 15 is 0 Å². The van der Waals surface area contributed by atoms with Crippen LogP contribution in [-0.2, 0) is 6.42 Å². The standard InChI is InChI=1S/C12H22N4S/c1-4-5-10-11(13)15-8-16-12(10)14-6-9(2)7-17-3/h8-9H,4-7H2,1-3H3,(H3,13,14,15,16). The van der Waals surface area contributed by atoms with Gasteiger partial charge in [0.25, 0.3) is 0 Å². The summed E-state index contributed by atoms with van der Waals surface area (Å²) >= 11 is 1.87. The van der Waals surface area contributed by atoms with Gasteiger partial charge >= 0.3 is 0 Å². The van der Waals surface area contributed by atoms with Gasteiger partial charge in [-0.3, -0.25) is 0 Å². The molecular formula is C12H22N4S. The molecule has 4 nitrogen and oxygen atoms in total. The van der Waals surface area contributed by atoms with Crippen molar-refractivity contribution in [1.82, 2.24) is 9.97 Å². The summed E-state index contributed by atoms with van der Waals surface area (Å²) in [5, 5.41) is 3.38. The average molecular weight is 254 g/mol. The first kappa shape index (κ1) is 14.1. The van der Waals surface area contributed by atoms with E-state index in [1.54, 1.807) is 0 Å². The summed E-state index contributed by atoms with van der Waals surface area (Å²) in [6.45, 7) is 5.29. The lowest BCUT2D eigenvalue weighted by molar-refractivity contribution is 0.698. The fourth-order valence-electron chi connectivity index (χ4n) is 1.69. The lowest BCUT2D eigenvalue weighted by Crippen LogP contribution is -2.16. The molecule has 1 heterocycles. The van der Waals surface area contributed by atoms with Gasteiger partial charge in [-0.25, -0.2) is 9.97 Å². The van der Waals surface area contributed by atoms with Crippen LogP contribution in [-0.4, -0.2) is 28.5 Å². The maximum atomic E-state index is 5.88. The number of nitrogens with one attached hydrogen (secondary N) is 1. The Hall–Kier alpha value is -0.970. The van der Waals surface area contributed by atoms with Crippen LogP contribution in [0.2, 0.25) is 0 Å².